The van der Waals surface area contributed by atoms with Crippen LogP contribution in [0, 0.1) is 0 Å². The van der Waals surface area contributed by atoms with Gasteiger partial charge in [-0.1, -0.05) is 24.3 Å². The Morgan fingerprint density at radius 3 is 2.68 bits per heavy atom. The second-order valence-electron chi connectivity index (χ2n) is 6.00. The fourth-order valence-electron chi connectivity index (χ4n) is 2.54. The summed E-state index contributed by atoms with van der Waals surface area (Å²) in [6, 6.07) is 14.6. The molecule has 0 fully saturated rings. The molecule has 0 bridgehead atoms. The molecule has 2 amide bonds. The molecule has 2 aromatic rings. The van der Waals surface area contributed by atoms with E-state index in [2.05, 4.69) is 21.5 Å². The zero-order chi connectivity index (χ0) is 19.9. The van der Waals surface area contributed by atoms with E-state index in [0.717, 1.165) is 11.3 Å². The van der Waals surface area contributed by atoms with Crippen LogP contribution in [0.4, 0.5) is 5.69 Å². The topological polar surface area (TPSA) is 101 Å². The van der Waals surface area contributed by atoms with Gasteiger partial charge >= 0.3 is 0 Å². The SMILES string of the molecule is COc1ccc(CNC(=S)NNC(=O)C[C@@H]2Oc3ccccc3NC2=O)cc1. The van der Waals surface area contributed by atoms with Crippen LogP contribution in [0.1, 0.15) is 12.0 Å². The Balaban J connectivity index is 1.41. The van der Waals surface area contributed by atoms with E-state index < -0.39 is 12.0 Å². The molecule has 2 aromatic carbocycles. The van der Waals surface area contributed by atoms with Crippen molar-refractivity contribution in [3.8, 4) is 11.5 Å². The number of hydrazine groups is 1. The zero-order valence-corrected chi connectivity index (χ0v) is 16.0. The monoisotopic (exact) mass is 400 g/mol. The number of anilines is 1. The molecule has 146 valence electrons. The minimum Gasteiger partial charge on any atom is -0.497 e. The molecule has 9 heteroatoms. The van der Waals surface area contributed by atoms with E-state index in [4.69, 9.17) is 21.7 Å². The van der Waals surface area contributed by atoms with Crippen molar-refractivity contribution in [2.45, 2.75) is 19.1 Å². The van der Waals surface area contributed by atoms with Crippen LogP contribution in [0.2, 0.25) is 0 Å². The van der Waals surface area contributed by atoms with Crippen molar-refractivity contribution in [3.05, 3.63) is 54.1 Å². The number of nitrogens with one attached hydrogen (secondary N) is 4. The van der Waals surface area contributed by atoms with E-state index in [1.807, 2.05) is 24.3 Å². The van der Waals surface area contributed by atoms with Crippen LogP contribution in [0.25, 0.3) is 0 Å². The molecule has 0 saturated heterocycles. The molecule has 1 aliphatic heterocycles. The second-order valence-corrected chi connectivity index (χ2v) is 6.41. The van der Waals surface area contributed by atoms with Crippen molar-refractivity contribution >= 4 is 34.8 Å². The number of benzene rings is 2. The van der Waals surface area contributed by atoms with Gasteiger partial charge in [0.1, 0.15) is 11.5 Å². The lowest BCUT2D eigenvalue weighted by Crippen LogP contribution is -2.49. The van der Waals surface area contributed by atoms with E-state index in [1.165, 1.54) is 0 Å². The zero-order valence-electron chi connectivity index (χ0n) is 15.2. The number of hydrogen-bond acceptors (Lipinski definition) is 5. The first-order chi connectivity index (χ1) is 13.5. The van der Waals surface area contributed by atoms with Crippen molar-refractivity contribution in [3.63, 3.8) is 0 Å². The van der Waals surface area contributed by atoms with Crippen LogP contribution in [-0.4, -0.2) is 30.1 Å². The molecule has 1 atom stereocenters. The van der Waals surface area contributed by atoms with Crippen molar-refractivity contribution in [1.29, 1.82) is 0 Å². The fourth-order valence-corrected chi connectivity index (χ4v) is 2.67. The summed E-state index contributed by atoms with van der Waals surface area (Å²) in [4.78, 5) is 24.1. The quantitative estimate of drug-likeness (QED) is 0.446. The van der Waals surface area contributed by atoms with Crippen LogP contribution < -0.4 is 31.0 Å². The minimum atomic E-state index is -0.905. The molecule has 0 aliphatic carbocycles. The highest BCUT2D eigenvalue weighted by atomic mass is 32.1. The van der Waals surface area contributed by atoms with Crippen LogP contribution >= 0.6 is 12.2 Å². The Kier molecular flexibility index (Phi) is 6.28. The maximum Gasteiger partial charge on any atom is 0.266 e. The number of methoxy groups -OCH3 is 1. The number of ether oxygens (including phenoxy) is 2. The molecule has 0 saturated carbocycles. The number of carbonyl (C=O) groups excluding carboxylic acids is 2. The molecule has 0 radical (unpaired) electrons. The van der Waals surface area contributed by atoms with Crippen LogP contribution in [-0.2, 0) is 16.1 Å². The van der Waals surface area contributed by atoms with Gasteiger partial charge in [-0.3, -0.25) is 20.4 Å². The van der Waals surface area contributed by atoms with Gasteiger partial charge in [-0.15, -0.1) is 0 Å². The van der Waals surface area contributed by atoms with Gasteiger partial charge in [-0.05, 0) is 42.0 Å². The Morgan fingerprint density at radius 2 is 1.93 bits per heavy atom. The van der Waals surface area contributed by atoms with Crippen LogP contribution in [0.3, 0.4) is 0 Å². The van der Waals surface area contributed by atoms with E-state index in [-0.39, 0.29) is 17.4 Å². The van der Waals surface area contributed by atoms with Crippen LogP contribution in [0.5, 0.6) is 11.5 Å². The smallest absolute Gasteiger partial charge is 0.266 e. The average molecular weight is 400 g/mol. The van der Waals surface area contributed by atoms with Gasteiger partial charge in [0.15, 0.2) is 11.2 Å². The molecule has 0 unspecified atom stereocenters. The predicted octanol–water partition coefficient (Wildman–Crippen LogP) is 1.48. The molecule has 1 aliphatic rings. The Labute approximate surface area is 167 Å². The van der Waals surface area contributed by atoms with E-state index in [1.54, 1.807) is 31.4 Å². The Morgan fingerprint density at radius 1 is 1.18 bits per heavy atom. The summed E-state index contributed by atoms with van der Waals surface area (Å²) in [5.74, 6) is 0.514. The predicted molar refractivity (Wildman–Crippen MR) is 108 cm³/mol. The summed E-state index contributed by atoms with van der Waals surface area (Å²) in [6.45, 7) is 0.483. The van der Waals surface area contributed by atoms with Crippen molar-refractivity contribution in [2.75, 3.05) is 12.4 Å². The molecule has 0 aromatic heterocycles. The third kappa shape index (κ3) is 5.10. The normalized spacial score (nSPS) is 14.8. The summed E-state index contributed by atoms with van der Waals surface area (Å²) in [5, 5.41) is 5.94. The summed E-state index contributed by atoms with van der Waals surface area (Å²) >= 11 is 5.13. The third-order valence-electron chi connectivity index (χ3n) is 4.00. The molecule has 0 spiro atoms. The summed E-state index contributed by atoms with van der Waals surface area (Å²) in [7, 11) is 1.61. The van der Waals surface area contributed by atoms with Crippen molar-refractivity contribution in [1.82, 2.24) is 16.2 Å². The number of para-hydroxylation sites is 2. The number of amides is 2. The summed E-state index contributed by atoms with van der Waals surface area (Å²) in [5.41, 5.74) is 6.65. The molecule has 3 rings (SSSR count). The van der Waals surface area contributed by atoms with E-state index in [0.29, 0.717) is 18.0 Å². The largest absolute Gasteiger partial charge is 0.497 e. The van der Waals surface area contributed by atoms with Gasteiger partial charge in [0, 0.05) is 6.54 Å². The minimum absolute atomic E-state index is 0.145. The first kappa shape index (κ1) is 19.4. The Bertz CT molecular complexity index is 872. The van der Waals surface area contributed by atoms with Gasteiger partial charge in [0.25, 0.3) is 5.91 Å². The number of thiocarbonyl (C=S) groups is 1. The van der Waals surface area contributed by atoms with Gasteiger partial charge in [0.05, 0.1) is 19.2 Å². The molecule has 4 N–H and O–H groups in total. The lowest BCUT2D eigenvalue weighted by Gasteiger charge is -2.25. The number of fused-ring (bicyclic) bond motifs is 1. The maximum absolute atomic E-state index is 12.1. The third-order valence-corrected chi connectivity index (χ3v) is 4.25. The van der Waals surface area contributed by atoms with Crippen molar-refractivity contribution < 1.29 is 19.1 Å². The average Bonchev–Trinajstić information content (AvgIpc) is 2.71. The summed E-state index contributed by atoms with van der Waals surface area (Å²) < 4.78 is 10.7. The van der Waals surface area contributed by atoms with Crippen molar-refractivity contribution in [2.24, 2.45) is 0 Å². The number of hydrogen-bond donors (Lipinski definition) is 4. The first-order valence-electron chi connectivity index (χ1n) is 8.57. The highest BCUT2D eigenvalue weighted by Gasteiger charge is 2.29. The summed E-state index contributed by atoms with van der Waals surface area (Å²) in [6.07, 6.45) is -1.05. The highest BCUT2D eigenvalue weighted by Crippen LogP contribution is 2.29. The first-order valence-corrected chi connectivity index (χ1v) is 8.98. The van der Waals surface area contributed by atoms with Gasteiger partial charge in [0.2, 0.25) is 5.91 Å². The lowest BCUT2D eigenvalue weighted by molar-refractivity contribution is -0.130. The number of rotatable bonds is 5. The molecular formula is C19H20N4O4S. The standard InChI is InChI=1S/C19H20N4O4S/c1-26-13-8-6-12(7-9-13)11-20-19(28)23-22-17(24)10-16-18(25)21-14-4-2-3-5-15(14)27-16/h2-9,16H,10-11H2,1H3,(H,21,25)(H,22,24)(H2,20,23,28)/t16-/m0/s1. The number of carbonyl (C=O) groups is 2. The molecule has 28 heavy (non-hydrogen) atoms. The van der Waals surface area contributed by atoms with Gasteiger partial charge in [-0.25, -0.2) is 0 Å². The fraction of sp³-hybridized carbons (Fsp3) is 0.211. The van der Waals surface area contributed by atoms with E-state index >= 15 is 0 Å². The second kappa shape index (κ2) is 9.05. The van der Waals surface area contributed by atoms with Crippen LogP contribution in [0.15, 0.2) is 48.5 Å². The van der Waals surface area contributed by atoms with Gasteiger partial charge < -0.3 is 20.1 Å². The maximum atomic E-state index is 12.1. The Hall–Kier alpha value is -3.33. The lowest BCUT2D eigenvalue weighted by atomic mass is 10.1. The molecule has 8 nitrogen and oxygen atoms in total. The molecular weight excluding hydrogens is 380 g/mol. The van der Waals surface area contributed by atoms with E-state index in [9.17, 15) is 9.59 Å². The van der Waals surface area contributed by atoms with Gasteiger partial charge in [-0.2, -0.15) is 0 Å². The molecule has 1 heterocycles. The highest BCUT2D eigenvalue weighted by molar-refractivity contribution is 7.80.